The van der Waals surface area contributed by atoms with E-state index in [-0.39, 0.29) is 28.2 Å². The molecule has 0 aliphatic rings. The summed E-state index contributed by atoms with van der Waals surface area (Å²) in [5.41, 5.74) is 7.54. The van der Waals surface area contributed by atoms with Crippen LogP contribution in [0.1, 0.15) is 15.9 Å². The number of benzene rings is 2. The minimum Gasteiger partial charge on any atom is -0.326 e. The topological polar surface area (TPSA) is 85.1 Å². The third-order valence-corrected chi connectivity index (χ3v) is 4.00. The van der Waals surface area contributed by atoms with Crippen LogP contribution in [0.15, 0.2) is 53.3 Å². The van der Waals surface area contributed by atoms with Crippen LogP contribution in [0.4, 0.5) is 5.13 Å². The molecule has 1 amide bonds. The Kier molecular flexibility index (Phi) is 5.44. The molecular formula is C16H14ClN3O2S. The Balaban J connectivity index is 0.00000192. The second-order valence-corrected chi connectivity index (χ2v) is 5.64. The number of carbonyl (C=O) groups excluding carboxylic acids is 1. The Labute approximate surface area is 142 Å². The minimum absolute atomic E-state index is 0. The van der Waals surface area contributed by atoms with E-state index >= 15 is 0 Å². The van der Waals surface area contributed by atoms with Gasteiger partial charge in [-0.2, -0.15) is 0 Å². The fraction of sp³-hybridized carbons (Fsp3) is 0.0625. The van der Waals surface area contributed by atoms with E-state index < -0.39 is 0 Å². The quantitative estimate of drug-likeness (QED) is 0.763. The first-order chi connectivity index (χ1) is 10.7. The molecule has 0 spiro atoms. The molecule has 3 aromatic rings. The van der Waals surface area contributed by atoms with E-state index in [2.05, 4.69) is 10.3 Å². The molecule has 0 fully saturated rings. The zero-order chi connectivity index (χ0) is 15.5. The van der Waals surface area contributed by atoms with Gasteiger partial charge in [-0.25, -0.2) is 4.98 Å². The summed E-state index contributed by atoms with van der Waals surface area (Å²) in [4.78, 5) is 28.5. The third kappa shape index (κ3) is 3.73. The fourth-order valence-electron chi connectivity index (χ4n) is 2.03. The number of nitrogens with one attached hydrogen (secondary N) is 1. The van der Waals surface area contributed by atoms with Gasteiger partial charge in [0.25, 0.3) is 5.91 Å². The highest BCUT2D eigenvalue weighted by molar-refractivity contribution is 7.13. The van der Waals surface area contributed by atoms with Crippen LogP contribution in [-0.4, -0.2) is 10.9 Å². The molecule has 118 valence electrons. The van der Waals surface area contributed by atoms with E-state index in [0.29, 0.717) is 23.0 Å². The van der Waals surface area contributed by atoms with Crippen molar-refractivity contribution >= 4 is 45.7 Å². The first-order valence-corrected chi connectivity index (χ1v) is 7.49. The van der Waals surface area contributed by atoms with Crippen molar-refractivity contribution in [2.75, 3.05) is 5.32 Å². The van der Waals surface area contributed by atoms with Gasteiger partial charge >= 0.3 is 0 Å². The van der Waals surface area contributed by atoms with Crippen LogP contribution in [0, 0.1) is 0 Å². The van der Waals surface area contributed by atoms with E-state index in [1.807, 2.05) is 0 Å². The van der Waals surface area contributed by atoms with Gasteiger partial charge in [-0.05, 0) is 29.8 Å². The Morgan fingerprint density at radius 2 is 1.83 bits per heavy atom. The predicted octanol–water partition coefficient (Wildman–Crippen LogP) is 2.79. The number of halogens is 1. The number of amides is 1. The summed E-state index contributed by atoms with van der Waals surface area (Å²) in [7, 11) is 0. The van der Waals surface area contributed by atoms with Gasteiger partial charge in [-0.1, -0.05) is 35.6 Å². The molecule has 0 atom stereocenters. The summed E-state index contributed by atoms with van der Waals surface area (Å²) in [6.07, 6.45) is 0. The van der Waals surface area contributed by atoms with Crippen LogP contribution in [0.5, 0.6) is 0 Å². The Bertz CT molecular complexity index is 894. The van der Waals surface area contributed by atoms with Crippen molar-refractivity contribution < 1.29 is 4.79 Å². The third-order valence-electron chi connectivity index (χ3n) is 3.21. The van der Waals surface area contributed by atoms with E-state index in [1.54, 1.807) is 48.5 Å². The lowest BCUT2D eigenvalue weighted by atomic mass is 10.1. The molecule has 0 aliphatic heterocycles. The highest BCUT2D eigenvalue weighted by Crippen LogP contribution is 2.15. The van der Waals surface area contributed by atoms with Gasteiger partial charge in [0, 0.05) is 12.1 Å². The molecule has 2 aromatic carbocycles. The van der Waals surface area contributed by atoms with Crippen molar-refractivity contribution in [1.29, 1.82) is 0 Å². The number of hydrogen-bond donors (Lipinski definition) is 2. The number of hydrogen-bond acceptors (Lipinski definition) is 5. The number of nitrogens with two attached hydrogens (primary N) is 1. The zero-order valence-electron chi connectivity index (χ0n) is 12.0. The second-order valence-electron chi connectivity index (χ2n) is 4.68. The van der Waals surface area contributed by atoms with Crippen molar-refractivity contribution in [3.05, 3.63) is 69.2 Å². The van der Waals surface area contributed by atoms with Gasteiger partial charge in [0.15, 0.2) is 5.13 Å². The SMILES string of the molecule is Cl.NCc1ccc(C(=O)Nc2nc3ccccc3c(=O)s2)cc1. The summed E-state index contributed by atoms with van der Waals surface area (Å²) in [6.45, 7) is 0.426. The molecule has 0 saturated heterocycles. The van der Waals surface area contributed by atoms with Crippen molar-refractivity contribution in [2.24, 2.45) is 5.73 Å². The summed E-state index contributed by atoms with van der Waals surface area (Å²) in [5.74, 6) is -0.304. The number of para-hydroxylation sites is 1. The first kappa shape index (κ1) is 17.1. The van der Waals surface area contributed by atoms with E-state index in [4.69, 9.17) is 5.73 Å². The van der Waals surface area contributed by atoms with Gasteiger partial charge in [0.2, 0.25) is 4.74 Å². The number of nitrogens with zero attached hydrogens (tertiary/aromatic N) is 1. The Morgan fingerprint density at radius 1 is 1.13 bits per heavy atom. The van der Waals surface area contributed by atoms with E-state index in [1.165, 1.54) is 0 Å². The van der Waals surface area contributed by atoms with Crippen LogP contribution in [0.2, 0.25) is 0 Å². The molecular weight excluding hydrogens is 334 g/mol. The lowest BCUT2D eigenvalue weighted by Gasteiger charge is -2.05. The van der Waals surface area contributed by atoms with Gasteiger partial charge < -0.3 is 5.73 Å². The maximum atomic E-state index is 12.2. The van der Waals surface area contributed by atoms with Crippen LogP contribution >= 0.6 is 23.7 Å². The molecule has 1 heterocycles. The molecule has 3 N–H and O–H groups in total. The highest BCUT2D eigenvalue weighted by atomic mass is 35.5. The predicted molar refractivity (Wildman–Crippen MR) is 95.4 cm³/mol. The normalized spacial score (nSPS) is 10.1. The lowest BCUT2D eigenvalue weighted by molar-refractivity contribution is 0.102. The van der Waals surface area contributed by atoms with Crippen LogP contribution in [-0.2, 0) is 6.54 Å². The number of carbonyl (C=O) groups is 1. The number of aromatic nitrogens is 1. The van der Waals surface area contributed by atoms with E-state index in [0.717, 1.165) is 16.9 Å². The molecule has 7 heteroatoms. The van der Waals surface area contributed by atoms with Gasteiger partial charge in [0.05, 0.1) is 10.9 Å². The average Bonchev–Trinajstić information content (AvgIpc) is 2.55. The molecule has 5 nitrogen and oxygen atoms in total. The average molecular weight is 348 g/mol. The second kappa shape index (κ2) is 7.32. The molecule has 0 bridgehead atoms. The zero-order valence-corrected chi connectivity index (χ0v) is 13.6. The molecule has 1 aromatic heterocycles. The van der Waals surface area contributed by atoms with Crippen LogP contribution < -0.4 is 15.8 Å². The summed E-state index contributed by atoms with van der Waals surface area (Å²) in [6, 6.07) is 14.0. The summed E-state index contributed by atoms with van der Waals surface area (Å²) < 4.78 is -0.126. The van der Waals surface area contributed by atoms with Gasteiger partial charge in [0.1, 0.15) is 0 Å². The Hall–Kier alpha value is -2.28. The summed E-state index contributed by atoms with van der Waals surface area (Å²) >= 11 is 0.919. The molecule has 23 heavy (non-hydrogen) atoms. The maximum Gasteiger partial charge on any atom is 0.257 e. The van der Waals surface area contributed by atoms with Crippen molar-refractivity contribution in [3.8, 4) is 0 Å². The van der Waals surface area contributed by atoms with Crippen LogP contribution in [0.3, 0.4) is 0 Å². The molecule has 0 radical (unpaired) electrons. The smallest absolute Gasteiger partial charge is 0.257 e. The largest absolute Gasteiger partial charge is 0.326 e. The lowest BCUT2D eigenvalue weighted by Crippen LogP contribution is -2.14. The molecule has 0 unspecified atom stereocenters. The van der Waals surface area contributed by atoms with Gasteiger partial charge in [-0.3, -0.25) is 14.9 Å². The number of rotatable bonds is 3. The van der Waals surface area contributed by atoms with Gasteiger partial charge in [-0.15, -0.1) is 12.4 Å². The molecule has 0 saturated carbocycles. The Morgan fingerprint density at radius 3 is 2.52 bits per heavy atom. The molecule has 0 aliphatic carbocycles. The molecule has 3 rings (SSSR count). The number of anilines is 1. The van der Waals surface area contributed by atoms with E-state index in [9.17, 15) is 9.59 Å². The first-order valence-electron chi connectivity index (χ1n) is 6.67. The van der Waals surface area contributed by atoms with Crippen LogP contribution in [0.25, 0.3) is 10.9 Å². The number of fused-ring (bicyclic) bond motifs is 1. The summed E-state index contributed by atoms with van der Waals surface area (Å²) in [5, 5.41) is 3.51. The highest BCUT2D eigenvalue weighted by Gasteiger charge is 2.09. The minimum atomic E-state index is -0.304. The van der Waals surface area contributed by atoms with Crippen molar-refractivity contribution in [2.45, 2.75) is 6.54 Å². The fourth-order valence-corrected chi connectivity index (χ4v) is 2.78. The van der Waals surface area contributed by atoms with Crippen molar-refractivity contribution in [1.82, 2.24) is 4.98 Å². The standard InChI is InChI=1S/C16H13N3O2S.ClH/c17-9-10-5-7-11(8-6-10)14(20)19-16-18-13-4-2-1-3-12(13)15(21)22-16;/h1-8H,9,17H2,(H,18,19,20);1H. The monoisotopic (exact) mass is 347 g/mol. The van der Waals surface area contributed by atoms with Crippen molar-refractivity contribution in [3.63, 3.8) is 0 Å². The maximum absolute atomic E-state index is 12.2.